The highest BCUT2D eigenvalue weighted by Crippen LogP contribution is 2.41. The van der Waals surface area contributed by atoms with E-state index in [1.165, 1.54) is 11.8 Å². The Morgan fingerprint density at radius 1 is 1.18 bits per heavy atom. The van der Waals surface area contributed by atoms with Crippen molar-refractivity contribution in [1.29, 1.82) is 0 Å². The Balaban J connectivity index is 1.20. The Bertz CT molecular complexity index is 1130. The third kappa shape index (κ3) is 4.20. The van der Waals surface area contributed by atoms with Crippen LogP contribution in [0, 0.1) is 0 Å². The highest BCUT2D eigenvalue weighted by Gasteiger charge is 2.36. The second-order valence-electron chi connectivity index (χ2n) is 8.27. The van der Waals surface area contributed by atoms with Gasteiger partial charge < -0.3 is 14.1 Å². The maximum atomic E-state index is 13.3. The fraction of sp³-hybridized carbons (Fsp3) is 0.455. The van der Waals surface area contributed by atoms with Crippen molar-refractivity contribution >= 4 is 40.7 Å². The molecule has 1 atom stereocenters. The van der Waals surface area contributed by atoms with Gasteiger partial charge in [0.05, 0.1) is 35.8 Å². The fourth-order valence-corrected chi connectivity index (χ4v) is 5.80. The summed E-state index contributed by atoms with van der Waals surface area (Å²) in [4.78, 5) is 16.6. The Kier molecular flexibility index (Phi) is 5.68. The standard InChI is InChI=1S/C22H24N6O3S2/c29-20(28-17(18-3-1-9-31-18)13-16(25-28)19-4-2-12-32-19)14-33-22-24-23-21(27(22)15-5-6-15)26-7-10-30-11-8-26/h1-4,9,12,15,17H,5-8,10-11,13-14H2. The van der Waals surface area contributed by atoms with Crippen LogP contribution in [0.4, 0.5) is 5.95 Å². The molecule has 9 nitrogen and oxygen atoms in total. The zero-order chi connectivity index (χ0) is 22.2. The van der Waals surface area contributed by atoms with Crippen molar-refractivity contribution in [2.24, 2.45) is 5.10 Å². The molecule has 0 bridgehead atoms. The van der Waals surface area contributed by atoms with E-state index in [0.29, 0.717) is 25.7 Å². The van der Waals surface area contributed by atoms with Crippen LogP contribution in [0.2, 0.25) is 0 Å². The van der Waals surface area contributed by atoms with Gasteiger partial charge in [-0.25, -0.2) is 5.01 Å². The Hall–Kier alpha value is -2.63. The van der Waals surface area contributed by atoms with E-state index >= 15 is 0 Å². The smallest absolute Gasteiger partial charge is 0.253 e. The number of anilines is 1. The van der Waals surface area contributed by atoms with Gasteiger partial charge in [0.15, 0.2) is 5.16 Å². The van der Waals surface area contributed by atoms with Crippen molar-refractivity contribution in [3.8, 4) is 0 Å². The summed E-state index contributed by atoms with van der Waals surface area (Å²) in [6, 6.07) is 7.99. The van der Waals surface area contributed by atoms with Crippen molar-refractivity contribution < 1.29 is 13.9 Å². The van der Waals surface area contributed by atoms with Gasteiger partial charge in [-0.15, -0.1) is 21.5 Å². The van der Waals surface area contributed by atoms with Crippen LogP contribution in [-0.2, 0) is 9.53 Å². The van der Waals surface area contributed by atoms with Crippen LogP contribution < -0.4 is 4.90 Å². The SMILES string of the molecule is O=C(CSc1nnc(N2CCOCC2)n1C1CC1)N1N=C(c2cccs2)CC1c1ccco1. The highest BCUT2D eigenvalue weighted by atomic mass is 32.2. The zero-order valence-corrected chi connectivity index (χ0v) is 19.6. The second kappa shape index (κ2) is 8.96. The molecule has 3 aromatic heterocycles. The first-order chi connectivity index (χ1) is 16.3. The van der Waals surface area contributed by atoms with Gasteiger partial charge in [0.25, 0.3) is 5.91 Å². The maximum Gasteiger partial charge on any atom is 0.253 e. The van der Waals surface area contributed by atoms with Crippen LogP contribution in [0.15, 0.2) is 50.6 Å². The van der Waals surface area contributed by atoms with Gasteiger partial charge in [-0.1, -0.05) is 17.8 Å². The van der Waals surface area contributed by atoms with Gasteiger partial charge in [0.1, 0.15) is 11.8 Å². The number of amides is 1. The molecule has 2 fully saturated rings. The number of thiophene rings is 1. The average Bonchev–Trinajstić information content (AvgIpc) is 3.34. The first-order valence-electron chi connectivity index (χ1n) is 11.1. The summed E-state index contributed by atoms with van der Waals surface area (Å²) in [5.74, 6) is 1.82. The molecule has 3 aromatic rings. The number of hydrogen-bond acceptors (Lipinski definition) is 9. The summed E-state index contributed by atoms with van der Waals surface area (Å²) < 4.78 is 13.3. The molecule has 0 N–H and O–H groups in total. The number of aromatic nitrogens is 3. The molecule has 33 heavy (non-hydrogen) atoms. The van der Waals surface area contributed by atoms with Gasteiger partial charge in [-0.2, -0.15) is 5.10 Å². The molecule has 1 saturated carbocycles. The van der Waals surface area contributed by atoms with E-state index in [4.69, 9.17) is 14.3 Å². The molecule has 6 rings (SSSR count). The largest absolute Gasteiger partial charge is 0.467 e. The normalized spacial score (nSPS) is 21.0. The van der Waals surface area contributed by atoms with Gasteiger partial charge in [-0.05, 0) is 36.4 Å². The van der Waals surface area contributed by atoms with Gasteiger partial charge in [0.2, 0.25) is 5.95 Å². The Labute approximate surface area is 199 Å². The molecular weight excluding hydrogens is 460 g/mol. The minimum atomic E-state index is -0.226. The average molecular weight is 485 g/mol. The predicted octanol–water partition coefficient (Wildman–Crippen LogP) is 3.57. The third-order valence-electron chi connectivity index (χ3n) is 6.02. The molecular formula is C22H24N6O3S2. The molecule has 172 valence electrons. The minimum Gasteiger partial charge on any atom is -0.467 e. The number of carbonyl (C=O) groups excluding carboxylic acids is 1. The molecule has 0 aromatic carbocycles. The molecule has 5 heterocycles. The van der Waals surface area contributed by atoms with E-state index in [1.54, 1.807) is 22.6 Å². The highest BCUT2D eigenvalue weighted by molar-refractivity contribution is 7.99. The van der Waals surface area contributed by atoms with E-state index < -0.39 is 0 Å². The second-order valence-corrected chi connectivity index (χ2v) is 10.2. The van der Waals surface area contributed by atoms with Gasteiger partial charge in [0, 0.05) is 25.6 Å². The number of furan rings is 1. The third-order valence-corrected chi connectivity index (χ3v) is 7.87. The molecule has 0 radical (unpaired) electrons. The first-order valence-corrected chi connectivity index (χ1v) is 13.0. The summed E-state index contributed by atoms with van der Waals surface area (Å²) in [5.41, 5.74) is 0.917. The van der Waals surface area contributed by atoms with Crippen molar-refractivity contribution in [2.75, 3.05) is 37.0 Å². The molecule has 0 spiro atoms. The fourth-order valence-electron chi connectivity index (χ4n) is 4.23. The number of morpholine rings is 1. The van der Waals surface area contributed by atoms with E-state index in [0.717, 1.165) is 53.4 Å². The van der Waals surface area contributed by atoms with Crippen LogP contribution >= 0.6 is 23.1 Å². The first kappa shape index (κ1) is 20.9. The van der Waals surface area contributed by atoms with Gasteiger partial charge >= 0.3 is 0 Å². The number of hydrogen-bond donors (Lipinski definition) is 0. The number of hydrazone groups is 1. The summed E-state index contributed by atoms with van der Waals surface area (Å²) in [7, 11) is 0. The number of rotatable bonds is 7. The van der Waals surface area contributed by atoms with Crippen LogP contribution in [-0.4, -0.2) is 63.4 Å². The molecule has 3 aliphatic rings. The lowest BCUT2D eigenvalue weighted by Crippen LogP contribution is -2.38. The predicted molar refractivity (Wildman–Crippen MR) is 126 cm³/mol. The Morgan fingerprint density at radius 3 is 2.79 bits per heavy atom. The topological polar surface area (TPSA) is 89.0 Å². The maximum absolute atomic E-state index is 13.3. The van der Waals surface area contributed by atoms with Crippen molar-refractivity contribution in [1.82, 2.24) is 19.8 Å². The van der Waals surface area contributed by atoms with Crippen molar-refractivity contribution in [2.45, 2.75) is 36.5 Å². The van der Waals surface area contributed by atoms with Crippen LogP contribution in [0.25, 0.3) is 0 Å². The lowest BCUT2D eigenvalue weighted by atomic mass is 10.1. The summed E-state index contributed by atoms with van der Waals surface area (Å²) in [6.07, 6.45) is 4.53. The number of thioether (sulfide) groups is 1. The van der Waals surface area contributed by atoms with E-state index in [2.05, 4.69) is 19.7 Å². The van der Waals surface area contributed by atoms with E-state index in [9.17, 15) is 4.79 Å². The lowest BCUT2D eigenvalue weighted by molar-refractivity contribution is -0.130. The van der Waals surface area contributed by atoms with Gasteiger partial charge in [-0.3, -0.25) is 9.36 Å². The molecule has 1 amide bonds. The molecule has 2 aliphatic heterocycles. The number of nitrogens with zero attached hydrogens (tertiary/aromatic N) is 6. The van der Waals surface area contributed by atoms with Crippen LogP contribution in [0.3, 0.4) is 0 Å². The van der Waals surface area contributed by atoms with Crippen LogP contribution in [0.1, 0.15) is 42.0 Å². The lowest BCUT2D eigenvalue weighted by Gasteiger charge is -2.28. The molecule has 1 unspecified atom stereocenters. The molecule has 1 aliphatic carbocycles. The Morgan fingerprint density at radius 2 is 2.06 bits per heavy atom. The summed E-state index contributed by atoms with van der Waals surface area (Å²) >= 11 is 3.07. The summed E-state index contributed by atoms with van der Waals surface area (Å²) in [6.45, 7) is 3.03. The number of ether oxygens (including phenoxy) is 1. The molecule has 11 heteroatoms. The van der Waals surface area contributed by atoms with Crippen LogP contribution in [0.5, 0.6) is 0 Å². The minimum absolute atomic E-state index is 0.0637. The quantitative estimate of drug-likeness (QED) is 0.474. The summed E-state index contributed by atoms with van der Waals surface area (Å²) in [5, 5.41) is 18.0. The van der Waals surface area contributed by atoms with E-state index in [1.807, 2.05) is 29.6 Å². The van der Waals surface area contributed by atoms with E-state index in [-0.39, 0.29) is 17.7 Å². The molecule has 1 saturated heterocycles. The number of carbonyl (C=O) groups is 1. The van der Waals surface area contributed by atoms with Crippen molar-refractivity contribution in [3.05, 3.63) is 46.5 Å². The zero-order valence-electron chi connectivity index (χ0n) is 18.0. The van der Waals surface area contributed by atoms with Crippen molar-refractivity contribution in [3.63, 3.8) is 0 Å². The monoisotopic (exact) mass is 484 g/mol.